The van der Waals surface area contributed by atoms with E-state index in [9.17, 15) is 13.2 Å². The molecule has 2 N–H and O–H groups in total. The van der Waals surface area contributed by atoms with Crippen LogP contribution in [0.25, 0.3) is 0 Å². The highest BCUT2D eigenvalue weighted by Crippen LogP contribution is 2.13. The minimum absolute atomic E-state index is 0.524. The number of hydrogen-bond donors (Lipinski definition) is 2. The second-order valence-corrected chi connectivity index (χ2v) is 2.99. The van der Waals surface area contributed by atoms with E-state index >= 15 is 0 Å². The maximum atomic E-state index is 10.6. The third kappa shape index (κ3) is 7.15. The van der Waals surface area contributed by atoms with E-state index in [0.29, 0.717) is 6.10 Å². The molecule has 4 nitrogen and oxygen atoms in total. The fraction of sp³-hybridized carbons (Fsp3) is 0.875. The predicted molar refractivity (Wildman–Crippen MR) is 46.6 cm³/mol. The molecule has 0 bridgehead atoms. The van der Waals surface area contributed by atoms with Gasteiger partial charge in [0.2, 0.25) is 0 Å². The number of methoxy groups -OCH3 is 1. The van der Waals surface area contributed by atoms with Gasteiger partial charge in [0.15, 0.2) is 0 Å². The molecule has 7 heteroatoms. The molecular weight excluding hydrogens is 215 g/mol. The average Bonchev–Trinajstić information content (AvgIpc) is 2.18. The summed E-state index contributed by atoms with van der Waals surface area (Å²) >= 11 is 0. The third-order valence-electron chi connectivity index (χ3n) is 1.86. The quantitative estimate of drug-likeness (QED) is 0.704. The van der Waals surface area contributed by atoms with Gasteiger partial charge in [-0.05, 0) is 25.9 Å². The summed E-state index contributed by atoms with van der Waals surface area (Å²) in [5, 5.41) is 10.4. The highest BCUT2D eigenvalue weighted by Gasteiger charge is 2.38. The summed E-state index contributed by atoms with van der Waals surface area (Å²) in [7, 11) is 1.79. The molecule has 90 valence electrons. The van der Waals surface area contributed by atoms with Crippen LogP contribution in [0.3, 0.4) is 0 Å². The van der Waals surface area contributed by atoms with Crippen LogP contribution < -0.4 is 5.32 Å². The predicted octanol–water partition coefficient (Wildman–Crippen LogP) is 1.02. The van der Waals surface area contributed by atoms with Crippen molar-refractivity contribution >= 4 is 5.97 Å². The average molecular weight is 229 g/mol. The van der Waals surface area contributed by atoms with E-state index in [0.717, 1.165) is 13.1 Å². The molecular formula is C8H14F3NO3. The second kappa shape index (κ2) is 6.62. The number of nitrogens with one attached hydrogen (secondary N) is 1. The number of carboxylic acids is 1. The smallest absolute Gasteiger partial charge is 0.475 e. The van der Waals surface area contributed by atoms with Gasteiger partial charge in [-0.2, -0.15) is 13.2 Å². The fourth-order valence-electron chi connectivity index (χ4n) is 1.03. The van der Waals surface area contributed by atoms with Crippen molar-refractivity contribution < 1.29 is 27.8 Å². The minimum Gasteiger partial charge on any atom is -0.475 e. The van der Waals surface area contributed by atoms with E-state index < -0.39 is 12.1 Å². The normalized spacial score (nSPS) is 17.9. The van der Waals surface area contributed by atoms with Crippen molar-refractivity contribution in [1.29, 1.82) is 0 Å². The monoisotopic (exact) mass is 229 g/mol. The van der Waals surface area contributed by atoms with Gasteiger partial charge in [-0.3, -0.25) is 0 Å². The van der Waals surface area contributed by atoms with Crippen LogP contribution in [-0.2, 0) is 9.53 Å². The van der Waals surface area contributed by atoms with Crippen molar-refractivity contribution in [3.8, 4) is 0 Å². The molecule has 1 fully saturated rings. The summed E-state index contributed by atoms with van der Waals surface area (Å²) in [6, 6.07) is 0. The van der Waals surface area contributed by atoms with Crippen molar-refractivity contribution in [2.75, 3.05) is 20.2 Å². The Morgan fingerprint density at radius 2 is 1.80 bits per heavy atom. The molecule has 0 spiro atoms. The van der Waals surface area contributed by atoms with Gasteiger partial charge in [0, 0.05) is 7.11 Å². The Morgan fingerprint density at radius 3 is 2.00 bits per heavy atom. The van der Waals surface area contributed by atoms with E-state index in [2.05, 4.69) is 5.32 Å². The van der Waals surface area contributed by atoms with E-state index in [-0.39, 0.29) is 0 Å². The Hall–Kier alpha value is -0.820. The topological polar surface area (TPSA) is 58.6 Å². The van der Waals surface area contributed by atoms with Crippen molar-refractivity contribution in [3.05, 3.63) is 0 Å². The molecule has 0 atom stereocenters. The molecule has 1 aliphatic rings. The molecule has 1 rings (SSSR count). The first-order chi connectivity index (χ1) is 6.88. The van der Waals surface area contributed by atoms with Gasteiger partial charge in [-0.15, -0.1) is 0 Å². The van der Waals surface area contributed by atoms with E-state index in [1.54, 1.807) is 7.11 Å². The number of ether oxygens (including phenoxy) is 1. The molecule has 1 aliphatic heterocycles. The van der Waals surface area contributed by atoms with E-state index in [4.69, 9.17) is 14.6 Å². The zero-order valence-electron chi connectivity index (χ0n) is 8.30. The largest absolute Gasteiger partial charge is 0.490 e. The van der Waals surface area contributed by atoms with Crippen LogP contribution in [0.1, 0.15) is 12.8 Å². The standard InChI is InChI=1S/C6H13NO.C2HF3O2/c1-8-6-2-4-7-5-3-6;3-2(4,5)1(6)7/h6-7H,2-5H2,1H3;(H,6,7). The van der Waals surface area contributed by atoms with Gasteiger partial charge in [0.05, 0.1) is 6.10 Å². The first-order valence-electron chi connectivity index (χ1n) is 4.41. The summed E-state index contributed by atoms with van der Waals surface area (Å²) in [6.45, 7) is 2.25. The van der Waals surface area contributed by atoms with Crippen LogP contribution in [0.2, 0.25) is 0 Å². The zero-order chi connectivity index (χ0) is 11.9. The first kappa shape index (κ1) is 14.2. The lowest BCUT2D eigenvalue weighted by Gasteiger charge is -2.20. The molecule has 15 heavy (non-hydrogen) atoms. The van der Waals surface area contributed by atoms with Gasteiger partial charge in [-0.25, -0.2) is 4.79 Å². The zero-order valence-corrected chi connectivity index (χ0v) is 8.30. The molecule has 0 aromatic rings. The van der Waals surface area contributed by atoms with Gasteiger partial charge in [-0.1, -0.05) is 0 Å². The number of hydrogen-bond acceptors (Lipinski definition) is 3. The molecule has 0 radical (unpaired) electrons. The van der Waals surface area contributed by atoms with Crippen molar-refractivity contribution in [1.82, 2.24) is 5.32 Å². The molecule has 0 amide bonds. The number of rotatable bonds is 1. The molecule has 1 heterocycles. The number of carbonyl (C=O) groups is 1. The van der Waals surface area contributed by atoms with Crippen molar-refractivity contribution in [2.45, 2.75) is 25.1 Å². The van der Waals surface area contributed by atoms with Crippen molar-refractivity contribution in [3.63, 3.8) is 0 Å². The number of aliphatic carboxylic acids is 1. The first-order valence-corrected chi connectivity index (χ1v) is 4.41. The molecule has 1 saturated heterocycles. The van der Waals surface area contributed by atoms with Crippen LogP contribution in [0.4, 0.5) is 13.2 Å². The Bertz CT molecular complexity index is 190. The lowest BCUT2D eigenvalue weighted by molar-refractivity contribution is -0.192. The van der Waals surface area contributed by atoms with E-state index in [1.807, 2.05) is 0 Å². The maximum Gasteiger partial charge on any atom is 0.490 e. The molecule has 0 unspecified atom stereocenters. The van der Waals surface area contributed by atoms with Crippen LogP contribution in [0.15, 0.2) is 0 Å². The van der Waals surface area contributed by atoms with E-state index in [1.165, 1.54) is 12.8 Å². The summed E-state index contributed by atoms with van der Waals surface area (Å²) in [5.41, 5.74) is 0. The number of piperidine rings is 1. The van der Waals surface area contributed by atoms with Gasteiger partial charge >= 0.3 is 12.1 Å². The summed E-state index contributed by atoms with van der Waals surface area (Å²) in [4.78, 5) is 8.90. The lowest BCUT2D eigenvalue weighted by atomic mass is 10.1. The lowest BCUT2D eigenvalue weighted by Crippen LogP contribution is -2.31. The van der Waals surface area contributed by atoms with Gasteiger partial charge in [0.25, 0.3) is 0 Å². The molecule has 0 aromatic carbocycles. The third-order valence-corrected chi connectivity index (χ3v) is 1.86. The number of alkyl halides is 3. The SMILES string of the molecule is COC1CCNCC1.O=C(O)C(F)(F)F. The molecule has 0 saturated carbocycles. The summed E-state index contributed by atoms with van der Waals surface area (Å²) in [6.07, 6.45) is -2.20. The second-order valence-electron chi connectivity index (χ2n) is 2.99. The highest BCUT2D eigenvalue weighted by atomic mass is 19.4. The maximum absolute atomic E-state index is 10.6. The number of carboxylic acid groups (broad SMARTS) is 1. The molecule has 0 aromatic heterocycles. The van der Waals surface area contributed by atoms with Crippen LogP contribution in [-0.4, -0.2) is 43.6 Å². The summed E-state index contributed by atoms with van der Waals surface area (Å²) < 4.78 is 36.9. The van der Waals surface area contributed by atoms with Crippen LogP contribution in [0.5, 0.6) is 0 Å². The Morgan fingerprint density at radius 1 is 1.40 bits per heavy atom. The fourth-order valence-corrected chi connectivity index (χ4v) is 1.03. The highest BCUT2D eigenvalue weighted by molar-refractivity contribution is 5.73. The number of halogens is 3. The van der Waals surface area contributed by atoms with Crippen molar-refractivity contribution in [2.24, 2.45) is 0 Å². The van der Waals surface area contributed by atoms with Crippen LogP contribution >= 0.6 is 0 Å². The van der Waals surface area contributed by atoms with Crippen LogP contribution in [0, 0.1) is 0 Å². The van der Waals surface area contributed by atoms with Gasteiger partial charge < -0.3 is 15.2 Å². The minimum atomic E-state index is -5.08. The molecule has 0 aliphatic carbocycles. The Labute approximate surface area is 85.4 Å². The van der Waals surface area contributed by atoms with Gasteiger partial charge in [0.1, 0.15) is 0 Å². The summed E-state index contributed by atoms with van der Waals surface area (Å²) in [5.74, 6) is -2.76. The Kier molecular flexibility index (Phi) is 6.26. The Balaban J connectivity index is 0.000000265.